The Morgan fingerprint density at radius 2 is 2.27 bits per heavy atom. The maximum absolute atomic E-state index is 12.1. The van der Waals surface area contributed by atoms with E-state index >= 15 is 0 Å². The van der Waals surface area contributed by atoms with Gasteiger partial charge in [-0.25, -0.2) is 0 Å². The van der Waals surface area contributed by atoms with E-state index in [4.69, 9.17) is 0 Å². The normalized spacial score (nSPS) is 12.7. The van der Waals surface area contributed by atoms with Crippen molar-refractivity contribution >= 4 is 33.0 Å². The molecule has 0 radical (unpaired) electrons. The molecule has 0 fully saturated rings. The number of rotatable bonds is 6. The van der Waals surface area contributed by atoms with Gasteiger partial charge in [0.2, 0.25) is 0 Å². The average Bonchev–Trinajstić information content (AvgIpc) is 2.65. The minimum atomic E-state index is 0.218. The maximum atomic E-state index is 12.1. The van der Waals surface area contributed by atoms with Crippen molar-refractivity contribution in [3.05, 3.63) is 20.8 Å². The van der Waals surface area contributed by atoms with Crippen LogP contribution in [-0.2, 0) is 0 Å². The van der Waals surface area contributed by atoms with Gasteiger partial charge in [-0.2, -0.15) is 0 Å². The Kier molecular flexibility index (Phi) is 5.54. The molecule has 84 valence electrons. The lowest BCUT2D eigenvalue weighted by atomic mass is 9.94. The Morgan fingerprint density at radius 1 is 1.53 bits per heavy atom. The van der Waals surface area contributed by atoms with Gasteiger partial charge >= 0.3 is 0 Å². The third-order valence-corrected chi connectivity index (χ3v) is 4.29. The van der Waals surface area contributed by atoms with Gasteiger partial charge in [0.1, 0.15) is 0 Å². The minimum absolute atomic E-state index is 0.218. The summed E-state index contributed by atoms with van der Waals surface area (Å²) in [5, 5.41) is 1.97. The second kappa shape index (κ2) is 6.44. The predicted molar refractivity (Wildman–Crippen MR) is 69.7 cm³/mol. The van der Waals surface area contributed by atoms with Crippen LogP contribution in [0.3, 0.4) is 0 Å². The number of thiophene rings is 1. The van der Waals surface area contributed by atoms with Gasteiger partial charge in [-0.3, -0.25) is 4.79 Å². The summed E-state index contributed by atoms with van der Waals surface area (Å²) in [7, 11) is 0. The van der Waals surface area contributed by atoms with Gasteiger partial charge in [0, 0.05) is 15.8 Å². The lowest BCUT2D eigenvalue weighted by Crippen LogP contribution is -2.12. The van der Waals surface area contributed by atoms with Crippen LogP contribution in [0.4, 0.5) is 0 Å². The molecule has 0 aliphatic heterocycles. The number of carbonyl (C=O) groups excluding carboxylic acids is 1. The van der Waals surface area contributed by atoms with E-state index in [1.807, 2.05) is 11.4 Å². The van der Waals surface area contributed by atoms with E-state index in [2.05, 4.69) is 29.8 Å². The first kappa shape index (κ1) is 12.9. The monoisotopic (exact) mass is 288 g/mol. The fourth-order valence-corrected chi connectivity index (χ4v) is 3.06. The van der Waals surface area contributed by atoms with Gasteiger partial charge < -0.3 is 0 Å². The topological polar surface area (TPSA) is 17.1 Å². The summed E-state index contributed by atoms with van der Waals surface area (Å²) in [5.74, 6) is 0.539. The molecule has 0 amide bonds. The van der Waals surface area contributed by atoms with Crippen LogP contribution in [0.2, 0.25) is 0 Å². The SMILES string of the molecule is CCCCC(CC)C(=O)c1cc(Br)cs1. The van der Waals surface area contributed by atoms with Crippen molar-refractivity contribution in [2.24, 2.45) is 5.92 Å². The number of ketones is 1. The summed E-state index contributed by atoms with van der Waals surface area (Å²) < 4.78 is 1.01. The lowest BCUT2D eigenvalue weighted by molar-refractivity contribution is 0.0912. The van der Waals surface area contributed by atoms with Crippen LogP contribution in [0.5, 0.6) is 0 Å². The highest BCUT2D eigenvalue weighted by atomic mass is 79.9. The third-order valence-electron chi connectivity index (χ3n) is 2.58. The van der Waals surface area contributed by atoms with Gasteiger partial charge in [-0.1, -0.05) is 26.7 Å². The molecule has 0 saturated heterocycles. The average molecular weight is 289 g/mol. The molecular formula is C12H17BrOS. The van der Waals surface area contributed by atoms with Crippen LogP contribution in [-0.4, -0.2) is 5.78 Å². The van der Waals surface area contributed by atoms with Gasteiger partial charge in [-0.15, -0.1) is 11.3 Å². The Hall–Kier alpha value is -0.150. The molecule has 0 N–H and O–H groups in total. The van der Waals surface area contributed by atoms with Crippen LogP contribution in [0.15, 0.2) is 15.9 Å². The summed E-state index contributed by atoms with van der Waals surface area (Å²) >= 11 is 4.92. The van der Waals surface area contributed by atoms with E-state index in [0.29, 0.717) is 5.78 Å². The minimum Gasteiger partial charge on any atom is -0.293 e. The third kappa shape index (κ3) is 3.72. The zero-order chi connectivity index (χ0) is 11.3. The molecule has 3 heteroatoms. The number of carbonyl (C=O) groups is 1. The zero-order valence-electron chi connectivity index (χ0n) is 9.25. The number of hydrogen-bond donors (Lipinski definition) is 0. The van der Waals surface area contributed by atoms with Crippen molar-refractivity contribution in [3.63, 3.8) is 0 Å². The molecule has 0 aliphatic rings. The molecular weight excluding hydrogens is 272 g/mol. The van der Waals surface area contributed by atoms with Crippen LogP contribution in [0.1, 0.15) is 49.2 Å². The smallest absolute Gasteiger partial charge is 0.175 e. The first-order valence-corrected chi connectivity index (χ1v) is 7.14. The zero-order valence-corrected chi connectivity index (χ0v) is 11.7. The summed E-state index contributed by atoms with van der Waals surface area (Å²) in [6, 6.07) is 1.93. The standard InChI is InChI=1S/C12H17BrOS/c1-3-5-6-9(4-2)12(14)11-7-10(13)8-15-11/h7-9H,3-6H2,1-2H3. The number of hydrogen-bond acceptors (Lipinski definition) is 2. The molecule has 1 unspecified atom stereocenters. The predicted octanol–water partition coefficient (Wildman–Crippen LogP) is 4.91. The maximum Gasteiger partial charge on any atom is 0.175 e. The van der Waals surface area contributed by atoms with Crippen LogP contribution >= 0.6 is 27.3 Å². The van der Waals surface area contributed by atoms with Crippen molar-refractivity contribution in [1.29, 1.82) is 0 Å². The second-order valence-electron chi connectivity index (χ2n) is 3.74. The highest BCUT2D eigenvalue weighted by molar-refractivity contribution is 9.10. The Labute approximate surface area is 104 Å². The molecule has 1 aromatic heterocycles. The largest absolute Gasteiger partial charge is 0.293 e. The molecule has 1 aromatic rings. The van der Waals surface area contributed by atoms with Crippen molar-refractivity contribution in [2.45, 2.75) is 39.5 Å². The van der Waals surface area contributed by atoms with Crippen molar-refractivity contribution in [3.8, 4) is 0 Å². The molecule has 1 heterocycles. The summed E-state index contributed by atoms with van der Waals surface area (Å²) in [6.07, 6.45) is 4.30. The van der Waals surface area contributed by atoms with Gasteiger partial charge in [0.15, 0.2) is 5.78 Å². The molecule has 0 aromatic carbocycles. The quantitative estimate of drug-likeness (QED) is 0.680. The van der Waals surface area contributed by atoms with E-state index in [9.17, 15) is 4.79 Å². The fraction of sp³-hybridized carbons (Fsp3) is 0.583. The Balaban J connectivity index is 2.64. The van der Waals surface area contributed by atoms with E-state index < -0.39 is 0 Å². The first-order chi connectivity index (χ1) is 7.19. The van der Waals surface area contributed by atoms with Gasteiger partial charge in [0.05, 0.1) is 4.88 Å². The Morgan fingerprint density at radius 3 is 2.73 bits per heavy atom. The lowest BCUT2D eigenvalue weighted by Gasteiger charge is -2.11. The van der Waals surface area contributed by atoms with Crippen LogP contribution in [0.25, 0.3) is 0 Å². The molecule has 15 heavy (non-hydrogen) atoms. The van der Waals surface area contributed by atoms with Crippen molar-refractivity contribution < 1.29 is 4.79 Å². The number of Topliss-reactive ketones (excluding diaryl/α,β-unsaturated/α-hetero) is 1. The van der Waals surface area contributed by atoms with E-state index in [0.717, 1.165) is 35.0 Å². The van der Waals surface area contributed by atoms with Crippen molar-refractivity contribution in [2.75, 3.05) is 0 Å². The van der Waals surface area contributed by atoms with Crippen LogP contribution in [0, 0.1) is 5.92 Å². The first-order valence-electron chi connectivity index (χ1n) is 5.47. The molecule has 1 atom stereocenters. The van der Waals surface area contributed by atoms with Crippen LogP contribution < -0.4 is 0 Å². The van der Waals surface area contributed by atoms with E-state index in [1.54, 1.807) is 0 Å². The molecule has 0 aliphatic carbocycles. The fourth-order valence-electron chi connectivity index (χ4n) is 1.61. The Bertz CT molecular complexity index is 319. The number of unbranched alkanes of at least 4 members (excludes halogenated alkanes) is 1. The highest BCUT2D eigenvalue weighted by Gasteiger charge is 2.18. The molecule has 1 rings (SSSR count). The second-order valence-corrected chi connectivity index (χ2v) is 5.57. The number of halogens is 1. The van der Waals surface area contributed by atoms with Gasteiger partial charge in [0.25, 0.3) is 0 Å². The van der Waals surface area contributed by atoms with Crippen molar-refractivity contribution in [1.82, 2.24) is 0 Å². The van der Waals surface area contributed by atoms with E-state index in [1.165, 1.54) is 11.3 Å². The summed E-state index contributed by atoms with van der Waals surface area (Å²) in [4.78, 5) is 13.0. The molecule has 1 nitrogen and oxygen atoms in total. The molecule has 0 bridgehead atoms. The van der Waals surface area contributed by atoms with Gasteiger partial charge in [-0.05, 0) is 34.8 Å². The molecule has 0 saturated carbocycles. The highest BCUT2D eigenvalue weighted by Crippen LogP contribution is 2.25. The molecule has 0 spiro atoms. The van der Waals surface area contributed by atoms with E-state index in [-0.39, 0.29) is 5.92 Å². The summed E-state index contributed by atoms with van der Waals surface area (Å²) in [6.45, 7) is 4.26. The summed E-state index contributed by atoms with van der Waals surface area (Å²) in [5.41, 5.74) is 0.